The van der Waals surface area contributed by atoms with Crippen molar-refractivity contribution in [3.8, 4) is 0 Å². The lowest BCUT2D eigenvalue weighted by molar-refractivity contribution is -0.129. The van der Waals surface area contributed by atoms with Gasteiger partial charge >= 0.3 is 0 Å². The number of hydrogen-bond acceptors (Lipinski definition) is 4. The van der Waals surface area contributed by atoms with Gasteiger partial charge in [-0.05, 0) is 12.0 Å². The van der Waals surface area contributed by atoms with Gasteiger partial charge in [-0.2, -0.15) is 4.31 Å². The molecule has 0 aliphatic carbocycles. The summed E-state index contributed by atoms with van der Waals surface area (Å²) in [4.78, 5) is 13.4. The van der Waals surface area contributed by atoms with Crippen molar-refractivity contribution < 1.29 is 17.9 Å². The second-order valence-electron chi connectivity index (χ2n) is 6.52. The van der Waals surface area contributed by atoms with Gasteiger partial charge in [-0.25, -0.2) is 8.42 Å². The van der Waals surface area contributed by atoms with Crippen LogP contribution >= 0.6 is 0 Å². The summed E-state index contributed by atoms with van der Waals surface area (Å²) in [6.45, 7) is 4.15. The monoisotopic (exact) mass is 352 g/mol. The van der Waals surface area contributed by atoms with E-state index in [1.54, 1.807) is 16.1 Å². The van der Waals surface area contributed by atoms with E-state index in [-0.39, 0.29) is 23.7 Å². The summed E-state index contributed by atoms with van der Waals surface area (Å²) in [7, 11) is -3.36. The van der Waals surface area contributed by atoms with Crippen LogP contribution in [0.15, 0.2) is 30.3 Å². The Hall–Kier alpha value is -1.44. The molecule has 0 bridgehead atoms. The highest BCUT2D eigenvalue weighted by atomic mass is 32.2. The van der Waals surface area contributed by atoms with Crippen LogP contribution in [0, 0.1) is 5.92 Å². The topological polar surface area (TPSA) is 66.9 Å². The van der Waals surface area contributed by atoms with E-state index < -0.39 is 10.0 Å². The van der Waals surface area contributed by atoms with Crippen LogP contribution in [0.2, 0.25) is 0 Å². The highest BCUT2D eigenvalue weighted by molar-refractivity contribution is 7.88. The van der Waals surface area contributed by atoms with Crippen LogP contribution in [0.4, 0.5) is 0 Å². The standard InChI is InChI=1S/C17H24N2O4S/c1-14(20)18-9-10-23-17-12-19(8-7-16(17)11-18)24(21,22)13-15-5-3-2-4-6-15/h2-6,16-17H,7-13H2,1H3/t16-,17-/m1/s1. The largest absolute Gasteiger partial charge is 0.375 e. The lowest BCUT2D eigenvalue weighted by Crippen LogP contribution is -2.49. The summed E-state index contributed by atoms with van der Waals surface area (Å²) in [6.07, 6.45) is 0.594. The summed E-state index contributed by atoms with van der Waals surface area (Å²) in [5.74, 6) is 0.281. The van der Waals surface area contributed by atoms with E-state index in [2.05, 4.69) is 0 Å². The number of piperidine rings is 1. The SMILES string of the molecule is CC(=O)N1CCO[C@@H]2CN(S(=O)(=O)Cc3ccccc3)CC[C@@H]2C1. The first-order valence-electron chi connectivity index (χ1n) is 8.34. The van der Waals surface area contributed by atoms with Crippen LogP contribution in [0.25, 0.3) is 0 Å². The molecule has 6 nitrogen and oxygen atoms in total. The lowest BCUT2D eigenvalue weighted by atomic mass is 9.94. The molecule has 2 atom stereocenters. The van der Waals surface area contributed by atoms with Crippen LogP contribution in [-0.4, -0.2) is 62.4 Å². The number of fused-ring (bicyclic) bond motifs is 1. The molecule has 0 unspecified atom stereocenters. The maximum Gasteiger partial charge on any atom is 0.219 e. The zero-order chi connectivity index (χ0) is 17.2. The van der Waals surface area contributed by atoms with Gasteiger partial charge < -0.3 is 9.64 Å². The van der Waals surface area contributed by atoms with Crippen LogP contribution in [0.1, 0.15) is 18.9 Å². The number of ether oxygens (including phenoxy) is 1. The van der Waals surface area contributed by atoms with Gasteiger partial charge in [0.2, 0.25) is 15.9 Å². The predicted molar refractivity (Wildman–Crippen MR) is 90.7 cm³/mol. The molecule has 132 valence electrons. The van der Waals surface area contributed by atoms with Crippen molar-refractivity contribution in [2.75, 3.05) is 32.8 Å². The minimum Gasteiger partial charge on any atom is -0.375 e. The van der Waals surface area contributed by atoms with Gasteiger partial charge in [0.25, 0.3) is 0 Å². The average molecular weight is 352 g/mol. The number of carbonyl (C=O) groups excluding carboxylic acids is 1. The summed E-state index contributed by atoms with van der Waals surface area (Å²) >= 11 is 0. The van der Waals surface area contributed by atoms with Crippen molar-refractivity contribution in [2.24, 2.45) is 5.92 Å². The first-order chi connectivity index (χ1) is 11.5. The molecule has 0 N–H and O–H groups in total. The Labute approximate surface area is 143 Å². The second kappa shape index (κ2) is 7.21. The molecule has 0 radical (unpaired) electrons. The highest BCUT2D eigenvalue weighted by Gasteiger charge is 2.37. The minimum absolute atomic E-state index is 0.0186. The zero-order valence-corrected chi connectivity index (χ0v) is 14.7. The Bertz CT molecular complexity index is 677. The zero-order valence-electron chi connectivity index (χ0n) is 13.9. The molecular formula is C17H24N2O4S. The van der Waals surface area contributed by atoms with Crippen molar-refractivity contribution in [1.29, 1.82) is 0 Å². The number of sulfonamides is 1. The number of nitrogens with zero attached hydrogens (tertiary/aromatic N) is 2. The number of carbonyl (C=O) groups is 1. The third kappa shape index (κ3) is 3.96. The fourth-order valence-corrected chi connectivity index (χ4v) is 4.99. The highest BCUT2D eigenvalue weighted by Crippen LogP contribution is 2.26. The van der Waals surface area contributed by atoms with E-state index in [4.69, 9.17) is 4.74 Å². The molecule has 3 rings (SSSR count). The summed E-state index contributed by atoms with van der Waals surface area (Å²) in [5.41, 5.74) is 0.796. The van der Waals surface area contributed by atoms with Crippen LogP contribution in [0.3, 0.4) is 0 Å². The van der Waals surface area contributed by atoms with Crippen molar-refractivity contribution >= 4 is 15.9 Å². The van der Waals surface area contributed by atoms with Gasteiger partial charge in [-0.15, -0.1) is 0 Å². The normalized spacial score (nSPS) is 25.8. The fourth-order valence-electron chi connectivity index (χ4n) is 3.44. The van der Waals surface area contributed by atoms with Gasteiger partial charge in [-0.1, -0.05) is 30.3 Å². The fraction of sp³-hybridized carbons (Fsp3) is 0.588. The average Bonchev–Trinajstić information content (AvgIpc) is 2.77. The quantitative estimate of drug-likeness (QED) is 0.817. The molecule has 0 spiro atoms. The van der Waals surface area contributed by atoms with E-state index in [1.165, 1.54) is 0 Å². The van der Waals surface area contributed by atoms with Crippen molar-refractivity contribution in [1.82, 2.24) is 9.21 Å². The second-order valence-corrected chi connectivity index (χ2v) is 8.49. The van der Waals surface area contributed by atoms with Crippen LogP contribution in [-0.2, 0) is 25.3 Å². The summed E-state index contributed by atoms with van der Waals surface area (Å²) in [6, 6.07) is 9.24. The number of rotatable bonds is 3. The Kier molecular flexibility index (Phi) is 5.22. The van der Waals surface area contributed by atoms with Gasteiger partial charge in [0, 0.05) is 39.0 Å². The number of amides is 1. The third-order valence-corrected chi connectivity index (χ3v) is 6.65. The molecule has 2 fully saturated rings. The molecular weight excluding hydrogens is 328 g/mol. The maximum absolute atomic E-state index is 12.7. The van der Waals surface area contributed by atoms with Gasteiger partial charge in [0.05, 0.1) is 18.5 Å². The van der Waals surface area contributed by atoms with Crippen LogP contribution < -0.4 is 0 Å². The smallest absolute Gasteiger partial charge is 0.219 e. The van der Waals surface area contributed by atoms with Gasteiger partial charge in [0.15, 0.2) is 0 Å². The molecule has 1 aromatic rings. The van der Waals surface area contributed by atoms with E-state index in [0.717, 1.165) is 12.0 Å². The molecule has 0 saturated carbocycles. The Morgan fingerprint density at radius 1 is 1.21 bits per heavy atom. The summed E-state index contributed by atoms with van der Waals surface area (Å²) in [5, 5.41) is 0. The summed E-state index contributed by atoms with van der Waals surface area (Å²) < 4.78 is 32.8. The Morgan fingerprint density at radius 3 is 2.67 bits per heavy atom. The molecule has 1 amide bonds. The molecule has 2 saturated heterocycles. The van der Waals surface area contributed by atoms with Crippen molar-refractivity contribution in [2.45, 2.75) is 25.2 Å². The molecule has 2 aliphatic rings. The van der Waals surface area contributed by atoms with Crippen molar-refractivity contribution in [3.63, 3.8) is 0 Å². The van der Waals surface area contributed by atoms with Crippen molar-refractivity contribution in [3.05, 3.63) is 35.9 Å². The molecule has 2 heterocycles. The first kappa shape index (κ1) is 17.4. The molecule has 2 aliphatic heterocycles. The molecule has 7 heteroatoms. The Balaban J connectivity index is 1.67. The molecule has 24 heavy (non-hydrogen) atoms. The predicted octanol–water partition coefficient (Wildman–Crippen LogP) is 1.09. The third-order valence-electron chi connectivity index (χ3n) is 4.84. The molecule has 0 aromatic heterocycles. The van der Waals surface area contributed by atoms with Gasteiger partial charge in [-0.3, -0.25) is 4.79 Å². The van der Waals surface area contributed by atoms with Gasteiger partial charge in [0.1, 0.15) is 0 Å². The first-order valence-corrected chi connectivity index (χ1v) is 9.95. The minimum atomic E-state index is -3.36. The van der Waals surface area contributed by atoms with E-state index in [0.29, 0.717) is 32.8 Å². The maximum atomic E-state index is 12.7. The molecule has 1 aromatic carbocycles. The van der Waals surface area contributed by atoms with E-state index >= 15 is 0 Å². The lowest BCUT2D eigenvalue weighted by Gasteiger charge is -2.37. The number of hydrogen-bond donors (Lipinski definition) is 0. The van der Waals surface area contributed by atoms with Crippen LogP contribution in [0.5, 0.6) is 0 Å². The van der Waals surface area contributed by atoms with E-state index in [1.807, 2.05) is 30.3 Å². The Morgan fingerprint density at radius 2 is 1.96 bits per heavy atom. The van der Waals surface area contributed by atoms with E-state index in [9.17, 15) is 13.2 Å². The number of benzene rings is 1.